The van der Waals surface area contributed by atoms with Gasteiger partial charge in [-0.1, -0.05) is 13.0 Å². The summed E-state index contributed by atoms with van der Waals surface area (Å²) in [5.74, 6) is 3.00. The van der Waals surface area contributed by atoms with E-state index in [1.807, 2.05) is 69.2 Å². The average molecular weight is 530 g/mol. The molecule has 11 nitrogen and oxygen atoms in total. The van der Waals surface area contributed by atoms with Gasteiger partial charge in [-0.25, -0.2) is 15.0 Å². The Kier molecular flexibility index (Phi) is 7.42. The number of aromatic nitrogens is 5. The van der Waals surface area contributed by atoms with Crippen LogP contribution in [0.5, 0.6) is 11.5 Å². The molecule has 1 aromatic carbocycles. The average Bonchev–Trinajstić information content (AvgIpc) is 3.36. The van der Waals surface area contributed by atoms with Gasteiger partial charge in [0.25, 0.3) is 0 Å². The summed E-state index contributed by atoms with van der Waals surface area (Å²) < 4.78 is 18.6. The van der Waals surface area contributed by atoms with E-state index >= 15 is 0 Å². The van der Waals surface area contributed by atoms with E-state index in [2.05, 4.69) is 25.4 Å². The maximum atomic E-state index is 12.9. The van der Waals surface area contributed by atoms with E-state index in [9.17, 15) is 4.79 Å². The van der Waals surface area contributed by atoms with E-state index in [0.29, 0.717) is 54.1 Å². The Morgan fingerprint density at radius 3 is 2.64 bits per heavy atom. The molecular formula is C28H31N7O4. The highest BCUT2D eigenvalue weighted by Gasteiger charge is 2.23. The summed E-state index contributed by atoms with van der Waals surface area (Å²) in [7, 11) is 5.31. The highest BCUT2D eigenvalue weighted by Crippen LogP contribution is 2.41. The Morgan fingerprint density at radius 2 is 2.00 bits per heavy atom. The van der Waals surface area contributed by atoms with Crippen LogP contribution in [0.15, 0.2) is 48.9 Å². The lowest BCUT2D eigenvalue weighted by atomic mass is 10.1. The van der Waals surface area contributed by atoms with E-state index in [1.54, 1.807) is 24.3 Å². The van der Waals surface area contributed by atoms with Crippen molar-refractivity contribution in [2.45, 2.75) is 26.4 Å². The normalized spacial score (nSPS) is 13.1. The monoisotopic (exact) mass is 529 g/mol. The van der Waals surface area contributed by atoms with Crippen LogP contribution in [0.25, 0.3) is 11.4 Å². The quantitative estimate of drug-likeness (QED) is 0.295. The molecule has 0 amide bonds. The minimum Gasteiger partial charge on any atom is -0.494 e. The van der Waals surface area contributed by atoms with E-state index in [1.165, 1.54) is 0 Å². The summed E-state index contributed by atoms with van der Waals surface area (Å²) in [6.07, 6.45) is 3.65. The molecule has 0 bridgehead atoms. The van der Waals surface area contributed by atoms with Gasteiger partial charge >= 0.3 is 0 Å². The first kappa shape index (κ1) is 26.1. The number of pyridine rings is 2. The number of Topliss-reactive ketones (excluding diaryl/α,β-unsaturated/α-hetero) is 1. The van der Waals surface area contributed by atoms with Crippen LogP contribution in [0, 0.1) is 6.92 Å². The number of aryl methyl sites for hydroxylation is 2. The highest BCUT2D eigenvalue weighted by molar-refractivity contribution is 6.02. The van der Waals surface area contributed by atoms with Gasteiger partial charge in [0, 0.05) is 32.8 Å². The molecule has 1 aliphatic heterocycles. The second kappa shape index (κ2) is 11.1. The number of anilines is 4. The lowest BCUT2D eigenvalue weighted by Crippen LogP contribution is -2.38. The number of hydrogen-bond donors (Lipinski definition) is 1. The van der Waals surface area contributed by atoms with E-state index in [-0.39, 0.29) is 11.9 Å². The Balaban J connectivity index is 1.48. The summed E-state index contributed by atoms with van der Waals surface area (Å²) in [5, 5.41) is 7.69. The zero-order valence-corrected chi connectivity index (χ0v) is 22.6. The fourth-order valence-electron chi connectivity index (χ4n) is 4.30. The Hall–Kier alpha value is -4.51. The summed E-state index contributed by atoms with van der Waals surface area (Å²) >= 11 is 0. The lowest BCUT2D eigenvalue weighted by Gasteiger charge is -2.27. The second-order valence-corrected chi connectivity index (χ2v) is 9.20. The molecule has 1 fully saturated rings. The number of methoxy groups -OCH3 is 1. The van der Waals surface area contributed by atoms with E-state index in [0.717, 1.165) is 22.7 Å². The first-order chi connectivity index (χ1) is 18.9. The topological polar surface area (TPSA) is 117 Å². The number of hydrogen-bond acceptors (Lipinski definition) is 10. The number of ether oxygens (including phenoxy) is 3. The van der Waals surface area contributed by atoms with Crippen LogP contribution >= 0.6 is 0 Å². The molecule has 4 aromatic rings. The van der Waals surface area contributed by atoms with Crippen LogP contribution in [0.2, 0.25) is 0 Å². The van der Waals surface area contributed by atoms with Crippen molar-refractivity contribution in [3.05, 3.63) is 60.2 Å². The van der Waals surface area contributed by atoms with Crippen molar-refractivity contribution in [1.29, 1.82) is 0 Å². The number of benzene rings is 1. The molecule has 1 aliphatic rings. The molecule has 5 rings (SSSR count). The third kappa shape index (κ3) is 5.39. The number of para-hydroxylation sites is 1. The van der Waals surface area contributed by atoms with Gasteiger partial charge in [0.2, 0.25) is 0 Å². The van der Waals surface area contributed by atoms with E-state index in [4.69, 9.17) is 14.2 Å². The molecule has 3 aromatic heterocycles. The number of ketones is 1. The predicted octanol–water partition coefficient (Wildman–Crippen LogP) is 4.47. The third-order valence-electron chi connectivity index (χ3n) is 6.46. The number of carbonyl (C=O) groups excluding carboxylic acids is 1. The lowest BCUT2D eigenvalue weighted by molar-refractivity contribution is -0.0800. The molecule has 0 spiro atoms. The maximum Gasteiger partial charge on any atom is 0.184 e. The van der Waals surface area contributed by atoms with Crippen molar-refractivity contribution in [1.82, 2.24) is 24.7 Å². The van der Waals surface area contributed by atoms with Crippen molar-refractivity contribution in [3.63, 3.8) is 0 Å². The Labute approximate surface area is 226 Å². The Morgan fingerprint density at radius 1 is 1.18 bits per heavy atom. The zero-order chi connectivity index (χ0) is 27.5. The van der Waals surface area contributed by atoms with Crippen LogP contribution in [-0.2, 0) is 11.8 Å². The van der Waals surface area contributed by atoms with Crippen molar-refractivity contribution in [2.24, 2.45) is 7.05 Å². The minimum absolute atomic E-state index is 0.0205. The predicted molar refractivity (Wildman–Crippen MR) is 147 cm³/mol. The SMILES string of the molecule is CCC(=O)c1cnc(Nc2ccc(OC3COC3)c(C)n2)cc1N(C)c1cccc(-c2ncn(C)n2)c1OC. The van der Waals surface area contributed by atoms with Crippen LogP contribution < -0.4 is 19.7 Å². The fraction of sp³-hybridized carbons (Fsp3) is 0.321. The summed E-state index contributed by atoms with van der Waals surface area (Å²) in [4.78, 5) is 28.3. The van der Waals surface area contributed by atoms with E-state index < -0.39 is 0 Å². The van der Waals surface area contributed by atoms with Gasteiger partial charge in [-0.15, -0.1) is 0 Å². The van der Waals surface area contributed by atoms with Gasteiger partial charge in [0.05, 0.1) is 48.5 Å². The molecule has 1 saturated heterocycles. The fourth-order valence-corrected chi connectivity index (χ4v) is 4.30. The van der Waals surface area contributed by atoms with Gasteiger partial charge < -0.3 is 24.4 Å². The molecule has 1 N–H and O–H groups in total. The number of carbonyl (C=O) groups is 1. The van der Waals surface area contributed by atoms with Gasteiger partial charge in [0.1, 0.15) is 29.8 Å². The standard InChI is InChI=1S/C28H31N7O4/c1-6-23(36)20-13-29-26(32-25-11-10-24(17(2)31-25)39-18-14-38-15-18)12-22(20)35(4)21-9-7-8-19(27(21)37-5)28-30-16-34(3)33-28/h7-13,16,18H,6,14-15H2,1-5H3,(H,29,31,32). The van der Waals surface area contributed by atoms with Crippen LogP contribution in [0.4, 0.5) is 23.0 Å². The van der Waals surface area contributed by atoms with Gasteiger partial charge in [-0.3, -0.25) is 9.48 Å². The molecule has 0 unspecified atom stereocenters. The zero-order valence-electron chi connectivity index (χ0n) is 22.6. The molecule has 0 radical (unpaired) electrons. The van der Waals surface area contributed by atoms with Crippen LogP contribution in [0.3, 0.4) is 0 Å². The van der Waals surface area contributed by atoms with Crippen molar-refractivity contribution in [2.75, 3.05) is 37.6 Å². The smallest absolute Gasteiger partial charge is 0.184 e. The first-order valence-electron chi connectivity index (χ1n) is 12.7. The summed E-state index contributed by atoms with van der Waals surface area (Å²) in [5.41, 5.74) is 3.43. The molecule has 0 aliphatic carbocycles. The molecule has 4 heterocycles. The molecular weight excluding hydrogens is 498 g/mol. The first-order valence-corrected chi connectivity index (χ1v) is 12.7. The maximum absolute atomic E-state index is 12.9. The van der Waals surface area contributed by atoms with Crippen LogP contribution in [-0.4, -0.2) is 64.0 Å². The Bertz CT molecular complexity index is 1500. The van der Waals surface area contributed by atoms with Crippen molar-refractivity contribution in [3.8, 4) is 22.9 Å². The number of nitrogens with zero attached hydrogens (tertiary/aromatic N) is 6. The molecule has 0 saturated carbocycles. The number of nitrogens with one attached hydrogen (secondary N) is 1. The summed E-state index contributed by atoms with van der Waals surface area (Å²) in [6.45, 7) is 4.91. The van der Waals surface area contributed by atoms with Gasteiger partial charge in [0.15, 0.2) is 17.4 Å². The van der Waals surface area contributed by atoms with Crippen molar-refractivity contribution >= 4 is 28.8 Å². The molecule has 0 atom stereocenters. The largest absolute Gasteiger partial charge is 0.494 e. The molecule has 11 heteroatoms. The molecule has 39 heavy (non-hydrogen) atoms. The van der Waals surface area contributed by atoms with Gasteiger partial charge in [-0.05, 0) is 31.2 Å². The van der Waals surface area contributed by atoms with Crippen LogP contribution in [0.1, 0.15) is 29.4 Å². The third-order valence-corrected chi connectivity index (χ3v) is 6.46. The van der Waals surface area contributed by atoms with Gasteiger partial charge in [-0.2, -0.15) is 5.10 Å². The second-order valence-electron chi connectivity index (χ2n) is 9.20. The van der Waals surface area contributed by atoms with Crippen molar-refractivity contribution < 1.29 is 19.0 Å². The number of rotatable bonds is 10. The summed E-state index contributed by atoms with van der Waals surface area (Å²) in [6, 6.07) is 11.3. The minimum atomic E-state index is -0.0205. The molecule has 202 valence electrons. The highest BCUT2D eigenvalue weighted by atomic mass is 16.6.